The Labute approximate surface area is 172 Å². The first kappa shape index (κ1) is 19.2. The summed E-state index contributed by atoms with van der Waals surface area (Å²) in [7, 11) is 0. The maximum Gasteiger partial charge on any atom is 0.417 e. The number of thiazole rings is 1. The van der Waals surface area contributed by atoms with Gasteiger partial charge in [0.15, 0.2) is 10.6 Å². The minimum atomic E-state index is -4.42. The molecule has 1 saturated heterocycles. The van der Waals surface area contributed by atoms with Gasteiger partial charge in [0.2, 0.25) is 0 Å². The largest absolute Gasteiger partial charge is 0.417 e. The van der Waals surface area contributed by atoms with E-state index >= 15 is 0 Å². The minimum Gasteiger partial charge on any atom is -0.297 e. The monoisotopic (exact) mass is 434 g/mol. The Bertz CT molecular complexity index is 1280. The molecule has 0 amide bonds. The predicted molar refractivity (Wildman–Crippen MR) is 105 cm³/mol. The third-order valence-electron chi connectivity index (χ3n) is 5.37. The summed E-state index contributed by atoms with van der Waals surface area (Å²) in [5.74, 6) is 0.478. The Balaban J connectivity index is 1.40. The molecule has 4 aromatic heterocycles. The molecule has 0 spiro atoms. The highest BCUT2D eigenvalue weighted by Gasteiger charge is 2.32. The van der Waals surface area contributed by atoms with Crippen LogP contribution in [0.15, 0.2) is 40.8 Å². The molecule has 7 nitrogen and oxygen atoms in total. The van der Waals surface area contributed by atoms with Crippen molar-refractivity contribution in [2.24, 2.45) is 0 Å². The number of likely N-dealkylation sites (tertiary alicyclic amines) is 1. The highest BCUT2D eigenvalue weighted by atomic mass is 32.1. The van der Waals surface area contributed by atoms with E-state index in [4.69, 9.17) is 0 Å². The Kier molecular flexibility index (Phi) is 4.58. The topological polar surface area (TPSA) is 67.8 Å². The van der Waals surface area contributed by atoms with Crippen LogP contribution in [0.3, 0.4) is 0 Å². The van der Waals surface area contributed by atoms with Gasteiger partial charge in [-0.3, -0.25) is 18.5 Å². The molecule has 1 aliphatic heterocycles. The molecule has 1 unspecified atom stereocenters. The SMILES string of the molecule is O=c1cc(CN2CCCC(c3nnc4ccc(C(F)(F)F)cn34)C2)nc2sccn12. The molecule has 4 aromatic rings. The van der Waals surface area contributed by atoms with Crippen LogP contribution in [0.25, 0.3) is 10.6 Å². The summed E-state index contributed by atoms with van der Waals surface area (Å²) in [6.07, 6.45) is 0.0271. The van der Waals surface area contributed by atoms with Crippen LogP contribution >= 0.6 is 11.3 Å². The summed E-state index contributed by atoms with van der Waals surface area (Å²) in [5.41, 5.74) is 0.243. The number of aromatic nitrogens is 5. The molecule has 30 heavy (non-hydrogen) atoms. The highest BCUT2D eigenvalue weighted by molar-refractivity contribution is 7.15. The van der Waals surface area contributed by atoms with Crippen molar-refractivity contribution < 1.29 is 13.2 Å². The third kappa shape index (κ3) is 3.47. The molecule has 156 valence electrons. The average Bonchev–Trinajstić information content (AvgIpc) is 3.34. The molecule has 1 atom stereocenters. The molecule has 0 aromatic carbocycles. The molecule has 5 rings (SSSR count). The van der Waals surface area contributed by atoms with E-state index in [2.05, 4.69) is 20.1 Å². The van der Waals surface area contributed by atoms with Crippen LogP contribution in [-0.2, 0) is 12.7 Å². The molecule has 0 aliphatic carbocycles. The fraction of sp³-hybridized carbons (Fsp3) is 0.368. The van der Waals surface area contributed by atoms with Gasteiger partial charge in [0, 0.05) is 42.8 Å². The molecule has 0 radical (unpaired) electrons. The Morgan fingerprint density at radius 3 is 2.90 bits per heavy atom. The van der Waals surface area contributed by atoms with E-state index in [-0.39, 0.29) is 11.5 Å². The van der Waals surface area contributed by atoms with Crippen LogP contribution in [-0.4, -0.2) is 42.0 Å². The standard InChI is InChI=1S/C19H17F3N6OS/c20-19(21,22)13-3-4-15-24-25-17(28(15)10-13)12-2-1-5-26(9-12)11-14-8-16(29)27-6-7-30-18(27)23-14/h3-4,6-8,10,12H,1-2,5,9,11H2. The second kappa shape index (κ2) is 7.17. The van der Waals surface area contributed by atoms with Gasteiger partial charge in [-0.25, -0.2) is 4.98 Å². The zero-order valence-corrected chi connectivity index (χ0v) is 16.5. The summed E-state index contributed by atoms with van der Waals surface area (Å²) >= 11 is 1.40. The molecule has 1 fully saturated rings. The van der Waals surface area contributed by atoms with Gasteiger partial charge >= 0.3 is 6.18 Å². The van der Waals surface area contributed by atoms with Crippen molar-refractivity contribution in [3.05, 3.63) is 63.4 Å². The van der Waals surface area contributed by atoms with E-state index in [0.717, 1.165) is 31.6 Å². The van der Waals surface area contributed by atoms with Crippen molar-refractivity contribution in [1.29, 1.82) is 0 Å². The maximum atomic E-state index is 13.1. The first-order valence-corrected chi connectivity index (χ1v) is 10.4. The summed E-state index contributed by atoms with van der Waals surface area (Å²) in [4.78, 5) is 19.6. The lowest BCUT2D eigenvalue weighted by molar-refractivity contribution is -0.137. The van der Waals surface area contributed by atoms with E-state index < -0.39 is 11.7 Å². The van der Waals surface area contributed by atoms with Crippen molar-refractivity contribution in [1.82, 2.24) is 28.9 Å². The van der Waals surface area contributed by atoms with Crippen molar-refractivity contribution in [2.45, 2.75) is 31.5 Å². The molecule has 0 N–H and O–H groups in total. The molecule has 5 heterocycles. The van der Waals surface area contributed by atoms with Crippen molar-refractivity contribution in [3.63, 3.8) is 0 Å². The van der Waals surface area contributed by atoms with Gasteiger partial charge in [0.25, 0.3) is 5.56 Å². The summed E-state index contributed by atoms with van der Waals surface area (Å²) in [6, 6.07) is 3.89. The van der Waals surface area contributed by atoms with Gasteiger partial charge in [-0.1, -0.05) is 0 Å². The first-order chi connectivity index (χ1) is 14.4. The van der Waals surface area contributed by atoms with Crippen molar-refractivity contribution >= 4 is 21.9 Å². The molecular weight excluding hydrogens is 417 g/mol. The maximum absolute atomic E-state index is 13.1. The van der Waals surface area contributed by atoms with Gasteiger partial charge in [-0.05, 0) is 31.5 Å². The van der Waals surface area contributed by atoms with Crippen LogP contribution < -0.4 is 5.56 Å². The minimum absolute atomic E-state index is 0.0520. The lowest BCUT2D eigenvalue weighted by Gasteiger charge is -2.31. The van der Waals surface area contributed by atoms with Gasteiger partial charge < -0.3 is 0 Å². The molecule has 1 aliphatic rings. The first-order valence-electron chi connectivity index (χ1n) is 9.48. The van der Waals surface area contributed by atoms with Gasteiger partial charge in [-0.15, -0.1) is 21.5 Å². The Morgan fingerprint density at radius 2 is 2.07 bits per heavy atom. The molecule has 0 saturated carbocycles. The fourth-order valence-corrected chi connectivity index (χ4v) is 4.70. The predicted octanol–water partition coefficient (Wildman–Crippen LogP) is 3.20. The Morgan fingerprint density at radius 1 is 1.20 bits per heavy atom. The van der Waals surface area contributed by atoms with Crippen LogP contribution in [0, 0.1) is 0 Å². The third-order valence-corrected chi connectivity index (χ3v) is 6.13. The van der Waals surface area contributed by atoms with Crippen LogP contribution in [0.1, 0.15) is 35.8 Å². The highest BCUT2D eigenvalue weighted by Crippen LogP contribution is 2.31. The molecule has 0 bridgehead atoms. The summed E-state index contributed by atoms with van der Waals surface area (Å²) < 4.78 is 42.3. The lowest BCUT2D eigenvalue weighted by Crippen LogP contribution is -2.35. The zero-order chi connectivity index (χ0) is 20.9. The molecular formula is C19H17F3N6OS. The van der Waals surface area contributed by atoms with E-state index in [1.54, 1.807) is 6.20 Å². The number of alkyl halides is 3. The quantitative estimate of drug-likeness (QED) is 0.496. The lowest BCUT2D eigenvalue weighted by atomic mass is 9.97. The second-order valence-electron chi connectivity index (χ2n) is 7.42. The smallest absolute Gasteiger partial charge is 0.297 e. The number of nitrogens with zero attached hydrogens (tertiary/aromatic N) is 6. The number of fused-ring (bicyclic) bond motifs is 2. The number of halogens is 3. The number of rotatable bonds is 3. The Hall–Kier alpha value is -2.79. The number of piperidine rings is 1. The van der Waals surface area contributed by atoms with E-state index in [1.165, 1.54) is 32.3 Å². The zero-order valence-electron chi connectivity index (χ0n) is 15.7. The summed E-state index contributed by atoms with van der Waals surface area (Å²) in [6.45, 7) is 1.94. The number of hydrogen-bond acceptors (Lipinski definition) is 6. The van der Waals surface area contributed by atoms with E-state index in [1.807, 2.05) is 5.38 Å². The van der Waals surface area contributed by atoms with Crippen LogP contribution in [0.4, 0.5) is 13.2 Å². The average molecular weight is 434 g/mol. The summed E-state index contributed by atoms with van der Waals surface area (Å²) in [5, 5.41) is 10.0. The van der Waals surface area contributed by atoms with Gasteiger partial charge in [0.1, 0.15) is 5.82 Å². The number of hydrogen-bond donors (Lipinski definition) is 0. The van der Waals surface area contributed by atoms with Gasteiger partial charge in [-0.2, -0.15) is 13.2 Å². The van der Waals surface area contributed by atoms with Crippen LogP contribution in [0.2, 0.25) is 0 Å². The second-order valence-corrected chi connectivity index (χ2v) is 8.29. The normalized spacial score (nSPS) is 18.4. The van der Waals surface area contributed by atoms with Crippen molar-refractivity contribution in [2.75, 3.05) is 13.1 Å². The van der Waals surface area contributed by atoms with E-state index in [9.17, 15) is 18.0 Å². The fourth-order valence-electron chi connectivity index (χ4n) is 3.96. The van der Waals surface area contributed by atoms with Crippen LogP contribution in [0.5, 0.6) is 0 Å². The number of pyridine rings is 1. The van der Waals surface area contributed by atoms with Crippen molar-refractivity contribution in [3.8, 4) is 0 Å². The van der Waals surface area contributed by atoms with Gasteiger partial charge in [0.05, 0.1) is 11.3 Å². The molecule has 11 heteroatoms. The van der Waals surface area contributed by atoms with E-state index in [0.29, 0.717) is 35.2 Å².